The van der Waals surface area contributed by atoms with Crippen LogP contribution in [0.1, 0.15) is 12.0 Å². The van der Waals surface area contributed by atoms with Gasteiger partial charge in [0.15, 0.2) is 0 Å². The Labute approximate surface area is 124 Å². The van der Waals surface area contributed by atoms with E-state index < -0.39 is 0 Å². The smallest absolute Gasteiger partial charge is 0.317 e. The zero-order valence-corrected chi connectivity index (χ0v) is 12.3. The summed E-state index contributed by atoms with van der Waals surface area (Å²) >= 11 is 3.30. The van der Waals surface area contributed by atoms with E-state index in [1.54, 1.807) is 11.0 Å². The van der Waals surface area contributed by atoms with Crippen LogP contribution in [0.2, 0.25) is 0 Å². The third-order valence-electron chi connectivity index (χ3n) is 3.32. The van der Waals surface area contributed by atoms with Gasteiger partial charge in [0.2, 0.25) is 5.91 Å². The van der Waals surface area contributed by atoms with Crippen LogP contribution in [0.15, 0.2) is 22.7 Å². The van der Waals surface area contributed by atoms with E-state index in [1.807, 2.05) is 0 Å². The van der Waals surface area contributed by atoms with E-state index in [4.69, 9.17) is 5.73 Å². The Bertz CT molecular complexity index is 538. The summed E-state index contributed by atoms with van der Waals surface area (Å²) in [5.41, 5.74) is 5.87. The van der Waals surface area contributed by atoms with Crippen LogP contribution in [0.4, 0.5) is 9.18 Å². The number of amides is 3. The normalized spacial score (nSPS) is 18.1. The molecule has 0 radical (unpaired) electrons. The number of halogens is 2. The van der Waals surface area contributed by atoms with E-state index in [0.717, 1.165) is 4.47 Å². The Balaban J connectivity index is 1.90. The predicted octanol–water partition coefficient (Wildman–Crippen LogP) is 1.60. The molecule has 1 unspecified atom stereocenters. The summed E-state index contributed by atoms with van der Waals surface area (Å²) in [7, 11) is 0. The highest BCUT2D eigenvalue weighted by molar-refractivity contribution is 9.10. The first kappa shape index (κ1) is 14.8. The first-order valence-electron chi connectivity index (χ1n) is 6.23. The van der Waals surface area contributed by atoms with Crippen LogP contribution in [0.25, 0.3) is 0 Å². The Morgan fingerprint density at radius 2 is 2.25 bits per heavy atom. The molecule has 0 bridgehead atoms. The van der Waals surface area contributed by atoms with Gasteiger partial charge in [-0.25, -0.2) is 9.18 Å². The molecule has 5 nitrogen and oxygen atoms in total. The van der Waals surface area contributed by atoms with Gasteiger partial charge < -0.3 is 16.0 Å². The van der Waals surface area contributed by atoms with Crippen molar-refractivity contribution in [2.45, 2.75) is 13.0 Å². The molecule has 1 atom stereocenters. The van der Waals surface area contributed by atoms with Crippen LogP contribution in [0.5, 0.6) is 0 Å². The van der Waals surface area contributed by atoms with E-state index >= 15 is 0 Å². The van der Waals surface area contributed by atoms with Crippen molar-refractivity contribution in [2.24, 2.45) is 11.7 Å². The second-order valence-electron chi connectivity index (χ2n) is 4.73. The number of nitrogens with zero attached hydrogens (tertiary/aromatic N) is 1. The van der Waals surface area contributed by atoms with Crippen LogP contribution in [-0.4, -0.2) is 29.9 Å². The topological polar surface area (TPSA) is 75.4 Å². The molecule has 0 aromatic heterocycles. The number of likely N-dealkylation sites (tertiary alicyclic amines) is 1. The predicted molar refractivity (Wildman–Crippen MR) is 75.2 cm³/mol. The number of primary amides is 1. The number of nitrogens with one attached hydrogen (secondary N) is 1. The van der Waals surface area contributed by atoms with Crippen LogP contribution >= 0.6 is 15.9 Å². The molecule has 7 heteroatoms. The average molecular weight is 344 g/mol. The molecule has 2 rings (SSSR count). The quantitative estimate of drug-likeness (QED) is 0.874. The Morgan fingerprint density at radius 3 is 2.90 bits per heavy atom. The molecule has 3 N–H and O–H groups in total. The maximum Gasteiger partial charge on any atom is 0.317 e. The van der Waals surface area contributed by atoms with Gasteiger partial charge in [0, 0.05) is 24.1 Å². The fourth-order valence-corrected chi connectivity index (χ4v) is 2.53. The van der Waals surface area contributed by atoms with Gasteiger partial charge >= 0.3 is 6.03 Å². The van der Waals surface area contributed by atoms with Crippen LogP contribution in [-0.2, 0) is 11.3 Å². The summed E-state index contributed by atoms with van der Waals surface area (Å²) in [4.78, 5) is 24.5. The minimum atomic E-state index is -0.381. The molecule has 0 saturated carbocycles. The van der Waals surface area contributed by atoms with Crippen molar-refractivity contribution in [3.8, 4) is 0 Å². The lowest BCUT2D eigenvalue weighted by Crippen LogP contribution is -2.39. The minimum Gasteiger partial charge on any atom is -0.369 e. The van der Waals surface area contributed by atoms with Gasteiger partial charge in [0.05, 0.1) is 5.92 Å². The monoisotopic (exact) mass is 343 g/mol. The fourth-order valence-electron chi connectivity index (χ4n) is 2.14. The van der Waals surface area contributed by atoms with E-state index in [-0.39, 0.29) is 30.2 Å². The van der Waals surface area contributed by atoms with E-state index in [0.29, 0.717) is 25.1 Å². The largest absolute Gasteiger partial charge is 0.369 e. The Kier molecular flexibility index (Phi) is 4.59. The summed E-state index contributed by atoms with van der Waals surface area (Å²) in [6, 6.07) is 4.02. The standard InChI is InChI=1S/C13H15BrFN3O2/c14-11-2-1-10(15)5-9(11)6-17-13(20)18-4-3-8(7-18)12(16)19/h1-2,5,8H,3-4,6-7H2,(H2,16,19)(H,17,20). The summed E-state index contributed by atoms with van der Waals surface area (Å²) < 4.78 is 13.8. The highest BCUT2D eigenvalue weighted by Crippen LogP contribution is 2.18. The summed E-state index contributed by atoms with van der Waals surface area (Å²) in [5.74, 6) is -1.01. The highest BCUT2D eigenvalue weighted by Gasteiger charge is 2.29. The number of urea groups is 1. The van der Waals surface area contributed by atoms with Crippen molar-refractivity contribution in [3.05, 3.63) is 34.1 Å². The van der Waals surface area contributed by atoms with Crippen molar-refractivity contribution in [3.63, 3.8) is 0 Å². The van der Waals surface area contributed by atoms with E-state index in [2.05, 4.69) is 21.2 Å². The summed E-state index contributed by atoms with van der Waals surface area (Å²) in [6.07, 6.45) is 0.590. The van der Waals surface area contributed by atoms with Crippen molar-refractivity contribution in [1.29, 1.82) is 0 Å². The Hall–Kier alpha value is -1.63. The number of hydrogen-bond donors (Lipinski definition) is 2. The van der Waals surface area contributed by atoms with Gasteiger partial charge in [-0.05, 0) is 30.2 Å². The van der Waals surface area contributed by atoms with Crippen molar-refractivity contribution in [1.82, 2.24) is 10.2 Å². The minimum absolute atomic E-state index is 0.217. The first-order valence-corrected chi connectivity index (χ1v) is 7.02. The molecule has 108 valence electrons. The molecule has 1 saturated heterocycles. The van der Waals surface area contributed by atoms with Gasteiger partial charge in [-0.3, -0.25) is 4.79 Å². The molecule has 1 aliphatic heterocycles. The number of hydrogen-bond acceptors (Lipinski definition) is 2. The van der Waals surface area contributed by atoms with Crippen molar-refractivity contribution >= 4 is 27.9 Å². The first-order chi connectivity index (χ1) is 9.47. The molecule has 0 spiro atoms. The molecule has 1 aromatic carbocycles. The second kappa shape index (κ2) is 6.21. The SMILES string of the molecule is NC(=O)C1CCN(C(=O)NCc2cc(F)ccc2Br)C1. The molecule has 1 aliphatic rings. The zero-order chi connectivity index (χ0) is 14.7. The van der Waals surface area contributed by atoms with Gasteiger partial charge in [0.25, 0.3) is 0 Å². The summed E-state index contributed by atoms with van der Waals surface area (Å²) in [5, 5.41) is 2.71. The molecule has 1 heterocycles. The van der Waals surface area contributed by atoms with E-state index in [9.17, 15) is 14.0 Å². The highest BCUT2D eigenvalue weighted by atomic mass is 79.9. The van der Waals surface area contributed by atoms with Gasteiger partial charge in [0.1, 0.15) is 5.82 Å². The molecule has 3 amide bonds. The second-order valence-corrected chi connectivity index (χ2v) is 5.58. The molecular formula is C13H15BrFN3O2. The lowest BCUT2D eigenvalue weighted by Gasteiger charge is -2.17. The number of carbonyl (C=O) groups excluding carboxylic acids is 2. The third kappa shape index (κ3) is 3.47. The van der Waals surface area contributed by atoms with Gasteiger partial charge in [-0.2, -0.15) is 0 Å². The molecule has 1 aromatic rings. The number of rotatable bonds is 3. The van der Waals surface area contributed by atoms with E-state index in [1.165, 1.54) is 12.1 Å². The van der Waals surface area contributed by atoms with Crippen LogP contribution in [0, 0.1) is 11.7 Å². The maximum absolute atomic E-state index is 13.1. The van der Waals surface area contributed by atoms with Gasteiger partial charge in [-0.1, -0.05) is 15.9 Å². The molecular weight excluding hydrogens is 329 g/mol. The number of nitrogens with two attached hydrogens (primary N) is 1. The van der Waals surface area contributed by atoms with Crippen LogP contribution < -0.4 is 11.1 Å². The Morgan fingerprint density at radius 1 is 1.50 bits per heavy atom. The van der Waals surface area contributed by atoms with Gasteiger partial charge in [-0.15, -0.1) is 0 Å². The number of carbonyl (C=O) groups is 2. The molecule has 0 aliphatic carbocycles. The molecule has 20 heavy (non-hydrogen) atoms. The average Bonchev–Trinajstić information content (AvgIpc) is 2.89. The van der Waals surface area contributed by atoms with Crippen molar-refractivity contribution in [2.75, 3.05) is 13.1 Å². The lowest BCUT2D eigenvalue weighted by molar-refractivity contribution is -0.121. The lowest BCUT2D eigenvalue weighted by atomic mass is 10.1. The third-order valence-corrected chi connectivity index (χ3v) is 4.09. The zero-order valence-electron chi connectivity index (χ0n) is 10.7. The maximum atomic E-state index is 13.1. The van der Waals surface area contributed by atoms with Crippen LogP contribution in [0.3, 0.4) is 0 Å². The molecule has 1 fully saturated rings. The number of benzene rings is 1. The summed E-state index contributed by atoms with van der Waals surface area (Å²) in [6.45, 7) is 1.06. The fraction of sp³-hybridized carbons (Fsp3) is 0.385. The van der Waals surface area contributed by atoms with Crippen molar-refractivity contribution < 1.29 is 14.0 Å².